The Morgan fingerprint density at radius 2 is 1.71 bits per heavy atom. The molecule has 0 saturated carbocycles. The summed E-state index contributed by atoms with van der Waals surface area (Å²) in [7, 11) is 0. The van der Waals surface area contributed by atoms with Gasteiger partial charge in [0, 0.05) is 28.4 Å². The summed E-state index contributed by atoms with van der Waals surface area (Å²) >= 11 is 18.7. The molecule has 5 nitrogen and oxygen atoms in total. The van der Waals surface area contributed by atoms with Crippen LogP contribution in [-0.2, 0) is 11.4 Å². The number of aryl methyl sites for hydroxylation is 3. The lowest BCUT2D eigenvalue weighted by molar-refractivity contribution is -0.118. The predicted octanol–water partition coefficient (Wildman–Crippen LogP) is 9.09. The normalized spacial score (nSPS) is 18.2. The smallest absolute Gasteiger partial charge is 0.162 e. The number of ether oxygens (including phenoxy) is 1. The third kappa shape index (κ3) is 5.52. The Morgan fingerprint density at radius 3 is 2.38 bits per heavy atom. The van der Waals surface area contributed by atoms with E-state index in [2.05, 4.69) is 32.0 Å². The molecule has 1 heterocycles. The van der Waals surface area contributed by atoms with Crippen molar-refractivity contribution in [1.29, 1.82) is 5.26 Å². The number of anilines is 1. The van der Waals surface area contributed by atoms with E-state index in [0.717, 1.165) is 39.3 Å². The molecule has 2 N–H and O–H groups in total. The third-order valence-corrected chi connectivity index (χ3v) is 9.07. The van der Waals surface area contributed by atoms with Crippen LogP contribution in [-0.4, -0.2) is 5.78 Å². The van der Waals surface area contributed by atoms with E-state index in [4.69, 9.17) is 45.3 Å². The quantitative estimate of drug-likeness (QED) is 0.308. The molecule has 1 aliphatic heterocycles. The van der Waals surface area contributed by atoms with E-state index in [9.17, 15) is 10.1 Å². The van der Waals surface area contributed by atoms with Crippen LogP contribution in [0.25, 0.3) is 0 Å². The minimum absolute atomic E-state index is 0.00567. The van der Waals surface area contributed by atoms with Gasteiger partial charge in [0.2, 0.25) is 0 Å². The molecule has 42 heavy (non-hydrogen) atoms. The molecule has 0 bridgehead atoms. The van der Waals surface area contributed by atoms with Gasteiger partial charge in [0.25, 0.3) is 0 Å². The zero-order valence-corrected chi connectivity index (χ0v) is 26.5. The van der Waals surface area contributed by atoms with Gasteiger partial charge in [0.15, 0.2) is 5.78 Å². The maximum Gasteiger partial charge on any atom is 0.162 e. The number of hydrogen-bond acceptors (Lipinski definition) is 5. The number of nitriles is 1. The molecule has 3 aromatic rings. The number of benzene rings is 3. The van der Waals surface area contributed by atoms with Crippen molar-refractivity contribution < 1.29 is 9.53 Å². The van der Waals surface area contributed by atoms with Gasteiger partial charge in [-0.25, -0.2) is 0 Å². The minimum Gasteiger partial charge on any atom is -0.489 e. The zero-order valence-electron chi connectivity index (χ0n) is 24.2. The van der Waals surface area contributed by atoms with Gasteiger partial charge in [-0.3, -0.25) is 9.69 Å². The molecule has 8 heteroatoms. The highest BCUT2D eigenvalue weighted by molar-refractivity contribution is 6.42. The number of nitrogens with two attached hydrogens (primary N) is 1. The van der Waals surface area contributed by atoms with Crippen molar-refractivity contribution in [3.63, 3.8) is 0 Å². The van der Waals surface area contributed by atoms with Crippen LogP contribution in [0.5, 0.6) is 5.75 Å². The number of rotatable bonds is 5. The van der Waals surface area contributed by atoms with E-state index in [1.165, 1.54) is 0 Å². The Hall–Kier alpha value is -3.43. The van der Waals surface area contributed by atoms with E-state index >= 15 is 0 Å². The minimum atomic E-state index is -0.607. The second-order valence-corrected chi connectivity index (χ2v) is 13.2. The lowest BCUT2D eigenvalue weighted by atomic mass is 9.68. The van der Waals surface area contributed by atoms with Crippen LogP contribution in [0.2, 0.25) is 15.1 Å². The van der Waals surface area contributed by atoms with Crippen LogP contribution >= 0.6 is 34.8 Å². The number of nitrogens with zero attached hydrogens (tertiary/aromatic N) is 2. The molecule has 0 spiro atoms. The first kappa shape index (κ1) is 30.0. The van der Waals surface area contributed by atoms with Crippen molar-refractivity contribution in [2.45, 2.75) is 60.0 Å². The summed E-state index contributed by atoms with van der Waals surface area (Å²) in [4.78, 5) is 15.8. The van der Waals surface area contributed by atoms with Crippen LogP contribution in [0.3, 0.4) is 0 Å². The van der Waals surface area contributed by atoms with Gasteiger partial charge in [-0.15, -0.1) is 0 Å². The SMILES string of the molecule is Cc1cc(C)c(C2C(C#N)=C(N)N(c3ccc(Cl)c(Cl)c3)C3=C2C(=O)CC(C)(C)C3)cc1COc1ccc(Cl)cc1C. The van der Waals surface area contributed by atoms with E-state index in [1.54, 1.807) is 24.3 Å². The molecule has 0 fully saturated rings. The maximum absolute atomic E-state index is 14.0. The second-order valence-electron chi connectivity index (χ2n) is 11.9. The largest absolute Gasteiger partial charge is 0.489 e. The molecule has 5 rings (SSSR count). The topological polar surface area (TPSA) is 79.4 Å². The fraction of sp³-hybridized carbons (Fsp3) is 0.294. The van der Waals surface area contributed by atoms with Crippen molar-refractivity contribution >= 4 is 46.3 Å². The maximum atomic E-state index is 14.0. The summed E-state index contributed by atoms with van der Waals surface area (Å²) in [6.45, 7) is 10.4. The average Bonchev–Trinajstić information content (AvgIpc) is 2.90. The Balaban J connectivity index is 1.66. The molecule has 2 aliphatic rings. The molecule has 216 valence electrons. The number of ketones is 1. The Morgan fingerprint density at radius 1 is 0.976 bits per heavy atom. The van der Waals surface area contributed by atoms with E-state index in [-0.39, 0.29) is 17.0 Å². The van der Waals surface area contributed by atoms with Gasteiger partial charge in [-0.2, -0.15) is 5.26 Å². The lowest BCUT2D eigenvalue weighted by Crippen LogP contribution is -2.42. The first-order chi connectivity index (χ1) is 19.8. The van der Waals surface area contributed by atoms with E-state index in [0.29, 0.717) is 51.4 Å². The first-order valence-corrected chi connectivity index (χ1v) is 14.8. The van der Waals surface area contributed by atoms with Gasteiger partial charge in [-0.05, 0) is 96.8 Å². The van der Waals surface area contributed by atoms with Gasteiger partial charge < -0.3 is 10.5 Å². The van der Waals surface area contributed by atoms with Crippen molar-refractivity contribution in [2.75, 3.05) is 4.90 Å². The highest BCUT2D eigenvalue weighted by atomic mass is 35.5. The van der Waals surface area contributed by atoms with Crippen LogP contribution in [0.4, 0.5) is 5.69 Å². The monoisotopic (exact) mass is 619 g/mol. The van der Waals surface area contributed by atoms with Gasteiger partial charge >= 0.3 is 0 Å². The molecule has 3 aromatic carbocycles. The predicted molar refractivity (Wildman–Crippen MR) is 170 cm³/mol. The summed E-state index contributed by atoms with van der Waals surface area (Å²) in [5, 5.41) is 11.9. The summed E-state index contributed by atoms with van der Waals surface area (Å²) < 4.78 is 6.20. The van der Waals surface area contributed by atoms with Crippen LogP contribution in [0.1, 0.15) is 60.4 Å². The Bertz CT molecular complexity index is 1730. The molecule has 1 unspecified atom stereocenters. The van der Waals surface area contributed by atoms with Crippen molar-refractivity contribution in [2.24, 2.45) is 11.1 Å². The molecule has 0 aromatic heterocycles. The highest BCUT2D eigenvalue weighted by Gasteiger charge is 2.45. The molecular formula is C34H32Cl3N3O2. The third-order valence-electron chi connectivity index (χ3n) is 8.10. The number of carbonyl (C=O) groups is 1. The van der Waals surface area contributed by atoms with Crippen molar-refractivity contribution in [3.8, 4) is 11.8 Å². The van der Waals surface area contributed by atoms with E-state index in [1.807, 2.05) is 37.8 Å². The summed E-state index contributed by atoms with van der Waals surface area (Å²) in [5.74, 6) is 0.419. The fourth-order valence-corrected chi connectivity index (χ4v) is 6.57. The van der Waals surface area contributed by atoms with Gasteiger partial charge in [0.05, 0.1) is 27.6 Å². The average molecular weight is 621 g/mol. The molecule has 0 saturated heterocycles. The van der Waals surface area contributed by atoms with E-state index < -0.39 is 5.92 Å². The van der Waals surface area contributed by atoms with Crippen LogP contribution in [0.15, 0.2) is 71.2 Å². The highest BCUT2D eigenvalue weighted by Crippen LogP contribution is 2.51. The number of Topliss-reactive ketones (excluding diaryl/α,β-unsaturated/α-hetero) is 1. The van der Waals surface area contributed by atoms with Gasteiger partial charge in [0.1, 0.15) is 18.2 Å². The Kier molecular flexibility index (Phi) is 8.11. The first-order valence-electron chi connectivity index (χ1n) is 13.7. The van der Waals surface area contributed by atoms with Crippen LogP contribution in [0, 0.1) is 37.5 Å². The molecule has 0 radical (unpaired) electrons. The van der Waals surface area contributed by atoms with Crippen molar-refractivity contribution in [3.05, 3.63) is 114 Å². The molecular weight excluding hydrogens is 589 g/mol. The second kappa shape index (κ2) is 11.3. The van der Waals surface area contributed by atoms with Crippen LogP contribution < -0.4 is 15.4 Å². The number of halogens is 3. The number of carbonyl (C=O) groups excluding carboxylic acids is 1. The zero-order chi connectivity index (χ0) is 30.5. The standard InChI is InChI=1S/C34H32Cl3N3O2/c1-18-10-19(2)24(12-21(18)17-42-30-9-6-22(35)11-20(30)3)31-25(16-38)33(39)40(23-7-8-26(36)27(37)13-23)28-14-34(4,5)15-29(41)32(28)31/h6-13,31H,14-15,17,39H2,1-5H3. The molecule has 1 aliphatic carbocycles. The fourth-order valence-electron chi connectivity index (χ4n) is 6.05. The lowest BCUT2D eigenvalue weighted by Gasteiger charge is -2.44. The Labute approximate surface area is 262 Å². The summed E-state index contributed by atoms with van der Waals surface area (Å²) in [6.07, 6.45) is 0.966. The number of allylic oxidation sites excluding steroid dienone is 3. The summed E-state index contributed by atoms with van der Waals surface area (Å²) in [6, 6.07) is 17.2. The number of hydrogen-bond donors (Lipinski definition) is 1. The molecule has 0 amide bonds. The van der Waals surface area contributed by atoms with Crippen molar-refractivity contribution in [1.82, 2.24) is 0 Å². The summed E-state index contributed by atoms with van der Waals surface area (Å²) in [5.41, 5.74) is 13.7. The van der Waals surface area contributed by atoms with Gasteiger partial charge in [-0.1, -0.05) is 60.8 Å². The molecule has 1 atom stereocenters.